The van der Waals surface area contributed by atoms with Crippen molar-refractivity contribution in [1.29, 1.82) is 0 Å². The van der Waals surface area contributed by atoms with Crippen LogP contribution in [0.3, 0.4) is 0 Å². The van der Waals surface area contributed by atoms with Crippen LogP contribution in [0.15, 0.2) is 18.2 Å². The second kappa shape index (κ2) is 4.31. The number of aryl methyl sites for hydroxylation is 1. The maximum absolute atomic E-state index is 13.3. The van der Waals surface area contributed by atoms with E-state index in [2.05, 4.69) is 0 Å². The molecule has 5 heteroatoms. The molecule has 2 atom stereocenters. The molecular weight excluding hydrogens is 255 g/mol. The van der Waals surface area contributed by atoms with Crippen LogP contribution >= 0.6 is 0 Å². The predicted molar refractivity (Wildman–Crippen MR) is 67.5 cm³/mol. The van der Waals surface area contributed by atoms with E-state index < -0.39 is 26.5 Å². The summed E-state index contributed by atoms with van der Waals surface area (Å²) in [6.45, 7) is 1.75. The number of benzene rings is 1. The van der Waals surface area contributed by atoms with Gasteiger partial charge in [-0.1, -0.05) is 6.07 Å². The number of rotatable bonds is 2. The van der Waals surface area contributed by atoms with Crippen molar-refractivity contribution in [2.75, 3.05) is 6.26 Å². The van der Waals surface area contributed by atoms with Crippen molar-refractivity contribution in [3.63, 3.8) is 0 Å². The normalized spacial score (nSPS) is 28.6. The predicted octanol–water partition coefficient (Wildman–Crippen LogP) is 1.92. The van der Waals surface area contributed by atoms with Gasteiger partial charge in [-0.25, -0.2) is 12.8 Å². The van der Waals surface area contributed by atoms with Crippen LogP contribution in [0, 0.1) is 12.7 Å². The molecule has 0 aliphatic heterocycles. The van der Waals surface area contributed by atoms with Gasteiger partial charge >= 0.3 is 0 Å². The summed E-state index contributed by atoms with van der Waals surface area (Å²) in [7, 11) is -3.36. The van der Waals surface area contributed by atoms with Gasteiger partial charge in [-0.05, 0) is 49.4 Å². The molecule has 1 aliphatic rings. The molecule has 100 valence electrons. The van der Waals surface area contributed by atoms with E-state index in [1.165, 1.54) is 12.1 Å². The van der Waals surface area contributed by atoms with Gasteiger partial charge in [-0.3, -0.25) is 0 Å². The lowest BCUT2D eigenvalue weighted by atomic mass is 9.88. The maximum atomic E-state index is 13.3. The fraction of sp³-hybridized carbons (Fsp3) is 0.538. The van der Waals surface area contributed by atoms with Crippen LogP contribution in [0.5, 0.6) is 0 Å². The lowest BCUT2D eigenvalue weighted by Crippen LogP contribution is -2.40. The van der Waals surface area contributed by atoms with Gasteiger partial charge in [0.1, 0.15) is 11.4 Å². The smallest absolute Gasteiger partial charge is 0.153 e. The van der Waals surface area contributed by atoms with Crippen molar-refractivity contribution in [3.05, 3.63) is 35.1 Å². The van der Waals surface area contributed by atoms with Crippen LogP contribution in [0.1, 0.15) is 30.4 Å². The molecule has 2 unspecified atom stereocenters. The molecule has 0 saturated heterocycles. The highest BCUT2D eigenvalue weighted by molar-refractivity contribution is 7.91. The monoisotopic (exact) mass is 272 g/mol. The average molecular weight is 272 g/mol. The van der Waals surface area contributed by atoms with E-state index in [0.717, 1.165) is 11.8 Å². The third kappa shape index (κ3) is 2.17. The summed E-state index contributed by atoms with van der Waals surface area (Å²) >= 11 is 0. The van der Waals surface area contributed by atoms with Gasteiger partial charge in [-0.2, -0.15) is 0 Å². The summed E-state index contributed by atoms with van der Waals surface area (Å²) in [5, 5.41) is 9.88. The Morgan fingerprint density at radius 1 is 1.44 bits per heavy atom. The first-order valence-electron chi connectivity index (χ1n) is 5.93. The Balaban J connectivity index is 2.57. The van der Waals surface area contributed by atoms with E-state index in [4.69, 9.17) is 0 Å². The Kier molecular flexibility index (Phi) is 3.23. The summed E-state index contributed by atoms with van der Waals surface area (Å²) in [4.78, 5) is 0. The molecule has 1 N–H and O–H groups in total. The summed E-state index contributed by atoms with van der Waals surface area (Å²) in [6, 6.07) is 4.13. The Labute approximate surface area is 107 Å². The maximum Gasteiger partial charge on any atom is 0.153 e. The van der Waals surface area contributed by atoms with Gasteiger partial charge in [0.25, 0.3) is 0 Å². The molecule has 1 aromatic carbocycles. The number of sulfone groups is 1. The van der Waals surface area contributed by atoms with Gasteiger partial charge in [0.15, 0.2) is 9.84 Å². The van der Waals surface area contributed by atoms with Crippen LogP contribution in [-0.2, 0) is 15.4 Å². The van der Waals surface area contributed by atoms with E-state index in [-0.39, 0.29) is 0 Å². The fourth-order valence-electron chi connectivity index (χ4n) is 2.89. The van der Waals surface area contributed by atoms with Crippen molar-refractivity contribution in [2.24, 2.45) is 0 Å². The molecule has 1 aromatic rings. The Morgan fingerprint density at radius 3 is 2.72 bits per heavy atom. The van der Waals surface area contributed by atoms with Crippen LogP contribution in [0.4, 0.5) is 4.39 Å². The molecule has 0 spiro atoms. The summed E-state index contributed by atoms with van der Waals surface area (Å²) in [5.74, 6) is -0.455. The average Bonchev–Trinajstić information content (AvgIpc) is 2.65. The second-order valence-corrected chi connectivity index (χ2v) is 7.32. The van der Waals surface area contributed by atoms with Gasteiger partial charge in [0.05, 0.1) is 5.25 Å². The Hall–Kier alpha value is -0.940. The van der Waals surface area contributed by atoms with Crippen molar-refractivity contribution < 1.29 is 17.9 Å². The fourth-order valence-corrected chi connectivity index (χ4v) is 4.44. The van der Waals surface area contributed by atoms with Gasteiger partial charge in [-0.15, -0.1) is 0 Å². The molecule has 18 heavy (non-hydrogen) atoms. The Morgan fingerprint density at radius 2 is 2.11 bits per heavy atom. The SMILES string of the molecule is Cc1ccc(F)cc1C1(O)CCCC1S(C)(=O)=O. The van der Waals surface area contributed by atoms with E-state index in [1.807, 2.05) is 0 Å². The molecule has 0 amide bonds. The molecule has 0 heterocycles. The van der Waals surface area contributed by atoms with Crippen LogP contribution < -0.4 is 0 Å². The molecule has 0 bridgehead atoms. The highest BCUT2D eigenvalue weighted by Crippen LogP contribution is 2.43. The first-order chi connectivity index (χ1) is 8.25. The second-order valence-electron chi connectivity index (χ2n) is 5.09. The first-order valence-corrected chi connectivity index (χ1v) is 7.88. The van der Waals surface area contributed by atoms with Gasteiger partial charge < -0.3 is 5.11 Å². The topological polar surface area (TPSA) is 54.4 Å². The highest BCUT2D eigenvalue weighted by atomic mass is 32.2. The molecule has 1 aliphatic carbocycles. The molecule has 1 saturated carbocycles. The van der Waals surface area contributed by atoms with Gasteiger partial charge in [0, 0.05) is 6.26 Å². The van der Waals surface area contributed by atoms with Crippen LogP contribution in [-0.4, -0.2) is 25.0 Å². The molecule has 0 radical (unpaired) electrons. The largest absolute Gasteiger partial charge is 0.384 e. The lowest BCUT2D eigenvalue weighted by molar-refractivity contribution is 0.0467. The summed E-state index contributed by atoms with van der Waals surface area (Å²) in [5.41, 5.74) is -0.343. The van der Waals surface area contributed by atoms with E-state index in [9.17, 15) is 17.9 Å². The number of halogens is 1. The minimum atomic E-state index is -3.36. The third-order valence-electron chi connectivity index (χ3n) is 3.74. The number of hydrogen-bond donors (Lipinski definition) is 1. The first kappa shape index (κ1) is 13.5. The van der Waals surface area contributed by atoms with Crippen molar-refractivity contribution in [1.82, 2.24) is 0 Å². The van der Waals surface area contributed by atoms with Crippen molar-refractivity contribution in [3.8, 4) is 0 Å². The molecule has 0 aromatic heterocycles. The molecule has 3 nitrogen and oxygen atoms in total. The molecule has 1 fully saturated rings. The van der Waals surface area contributed by atoms with Gasteiger partial charge in [0.2, 0.25) is 0 Å². The van der Waals surface area contributed by atoms with E-state index in [1.54, 1.807) is 13.0 Å². The zero-order chi connectivity index (χ0) is 13.6. The minimum Gasteiger partial charge on any atom is -0.384 e. The number of aliphatic hydroxyl groups is 1. The summed E-state index contributed by atoms with van der Waals surface area (Å²) in [6.07, 6.45) is 2.53. The van der Waals surface area contributed by atoms with Crippen molar-refractivity contribution >= 4 is 9.84 Å². The molecule has 2 rings (SSSR count). The zero-order valence-corrected chi connectivity index (χ0v) is 11.3. The quantitative estimate of drug-likeness (QED) is 0.895. The van der Waals surface area contributed by atoms with Crippen LogP contribution in [0.2, 0.25) is 0 Å². The standard InChI is InChI=1S/C13H17FO3S/c1-9-5-6-10(14)8-11(9)13(15)7-3-4-12(13)18(2,16)17/h5-6,8,12,15H,3-4,7H2,1-2H3. The van der Waals surface area contributed by atoms with Crippen molar-refractivity contribution in [2.45, 2.75) is 37.0 Å². The third-order valence-corrected chi connectivity index (χ3v) is 5.40. The van der Waals surface area contributed by atoms with Crippen LogP contribution in [0.25, 0.3) is 0 Å². The lowest BCUT2D eigenvalue weighted by Gasteiger charge is -2.30. The minimum absolute atomic E-state index is 0.356. The number of hydrogen-bond acceptors (Lipinski definition) is 3. The molecular formula is C13H17FO3S. The summed E-state index contributed by atoms with van der Waals surface area (Å²) < 4.78 is 36.9. The van der Waals surface area contributed by atoms with E-state index in [0.29, 0.717) is 24.8 Å². The highest BCUT2D eigenvalue weighted by Gasteiger charge is 2.48. The van der Waals surface area contributed by atoms with E-state index >= 15 is 0 Å². The zero-order valence-electron chi connectivity index (χ0n) is 10.5. The Bertz CT molecular complexity index is 568.